The average Bonchev–Trinajstić information content (AvgIpc) is 2.08. The molecule has 0 bridgehead atoms. The van der Waals surface area contributed by atoms with Crippen molar-refractivity contribution in [2.75, 3.05) is 0 Å². The lowest BCUT2D eigenvalue weighted by molar-refractivity contribution is 0.163. The van der Waals surface area contributed by atoms with Gasteiger partial charge in [-0.3, -0.25) is 0 Å². The minimum Gasteiger partial charge on any atom is -0.507 e. The van der Waals surface area contributed by atoms with Crippen LogP contribution in [0.25, 0.3) is 0 Å². The smallest absolute Gasteiger partial charge is 0.123 e. The van der Waals surface area contributed by atoms with Crippen LogP contribution in [0.2, 0.25) is 0 Å². The number of rotatable bonds is 2. The fourth-order valence-corrected chi connectivity index (χ4v) is 1.21. The number of nitrogens with two attached hydrogens (primary N) is 1. The summed E-state index contributed by atoms with van der Waals surface area (Å²) in [6.45, 7) is 3.40. The van der Waals surface area contributed by atoms with Gasteiger partial charge in [0.25, 0.3) is 0 Å². The van der Waals surface area contributed by atoms with E-state index in [9.17, 15) is 10.2 Å². The molecular formula is C10H16ClNO2. The fourth-order valence-electron chi connectivity index (χ4n) is 1.21. The number of aliphatic hydroxyl groups excluding tert-OH is 1. The van der Waals surface area contributed by atoms with Crippen LogP contribution in [0.5, 0.6) is 5.75 Å². The second kappa shape index (κ2) is 5.20. The van der Waals surface area contributed by atoms with Crippen molar-refractivity contribution in [1.82, 2.24) is 0 Å². The first kappa shape index (κ1) is 13.2. The van der Waals surface area contributed by atoms with Crippen LogP contribution in [0.4, 0.5) is 0 Å². The summed E-state index contributed by atoms with van der Waals surface area (Å²) in [7, 11) is 0. The molecule has 0 amide bonds. The molecule has 0 aromatic heterocycles. The molecule has 80 valence electrons. The number of para-hydroxylation sites is 1. The van der Waals surface area contributed by atoms with Gasteiger partial charge in [0.05, 0.1) is 12.1 Å². The van der Waals surface area contributed by atoms with Gasteiger partial charge in [-0.15, -0.1) is 12.4 Å². The van der Waals surface area contributed by atoms with Crippen LogP contribution in [-0.2, 0) is 0 Å². The lowest BCUT2D eigenvalue weighted by atomic mass is 10.00. The SMILES string of the molecule is Cc1cccc([C@H](N)[C@@H](C)O)c1O.Cl. The topological polar surface area (TPSA) is 66.5 Å². The molecule has 0 aliphatic carbocycles. The highest BCUT2D eigenvalue weighted by molar-refractivity contribution is 5.85. The number of aliphatic hydroxyl groups is 1. The molecule has 0 spiro atoms. The molecule has 1 aromatic carbocycles. The highest BCUT2D eigenvalue weighted by Gasteiger charge is 2.16. The molecular weight excluding hydrogens is 202 g/mol. The summed E-state index contributed by atoms with van der Waals surface area (Å²) in [6, 6.07) is 4.81. The molecule has 4 heteroatoms. The first-order valence-electron chi connectivity index (χ1n) is 4.26. The molecule has 1 aromatic rings. The lowest BCUT2D eigenvalue weighted by Crippen LogP contribution is -2.23. The van der Waals surface area contributed by atoms with E-state index in [1.54, 1.807) is 26.0 Å². The van der Waals surface area contributed by atoms with Crippen LogP contribution in [0.1, 0.15) is 24.1 Å². The molecule has 0 unspecified atom stereocenters. The number of aryl methyl sites for hydroxylation is 1. The van der Waals surface area contributed by atoms with Gasteiger partial charge in [-0.1, -0.05) is 18.2 Å². The zero-order valence-corrected chi connectivity index (χ0v) is 9.08. The van der Waals surface area contributed by atoms with E-state index in [2.05, 4.69) is 0 Å². The van der Waals surface area contributed by atoms with Crippen LogP contribution in [0, 0.1) is 6.92 Å². The van der Waals surface area contributed by atoms with Crippen LogP contribution in [0.3, 0.4) is 0 Å². The predicted octanol–water partition coefficient (Wildman–Crippen LogP) is 1.50. The van der Waals surface area contributed by atoms with Gasteiger partial charge in [-0.25, -0.2) is 0 Å². The van der Waals surface area contributed by atoms with Crippen LogP contribution in [0.15, 0.2) is 18.2 Å². The van der Waals surface area contributed by atoms with Crippen molar-refractivity contribution in [2.45, 2.75) is 26.0 Å². The normalized spacial score (nSPS) is 14.3. The van der Waals surface area contributed by atoms with Crippen molar-refractivity contribution in [3.63, 3.8) is 0 Å². The summed E-state index contributed by atoms with van der Waals surface area (Å²) < 4.78 is 0. The Kier molecular flexibility index (Phi) is 4.91. The van der Waals surface area contributed by atoms with Gasteiger partial charge in [0.15, 0.2) is 0 Å². The van der Waals surface area contributed by atoms with Gasteiger partial charge in [-0.05, 0) is 19.4 Å². The molecule has 0 aliphatic heterocycles. The predicted molar refractivity (Wildman–Crippen MR) is 58.7 cm³/mol. The van der Waals surface area contributed by atoms with E-state index in [1.165, 1.54) is 0 Å². The molecule has 14 heavy (non-hydrogen) atoms. The van der Waals surface area contributed by atoms with E-state index in [1.807, 2.05) is 6.07 Å². The van der Waals surface area contributed by atoms with Crippen molar-refractivity contribution in [3.05, 3.63) is 29.3 Å². The molecule has 0 heterocycles. The van der Waals surface area contributed by atoms with E-state index >= 15 is 0 Å². The van der Waals surface area contributed by atoms with E-state index in [0.29, 0.717) is 5.56 Å². The lowest BCUT2D eigenvalue weighted by Gasteiger charge is -2.17. The number of phenols is 1. The summed E-state index contributed by atoms with van der Waals surface area (Å²) in [5, 5.41) is 18.9. The van der Waals surface area contributed by atoms with Crippen molar-refractivity contribution < 1.29 is 10.2 Å². The number of aromatic hydroxyl groups is 1. The Morgan fingerprint density at radius 2 is 1.93 bits per heavy atom. The summed E-state index contributed by atoms with van der Waals surface area (Å²) in [4.78, 5) is 0. The number of halogens is 1. The van der Waals surface area contributed by atoms with Gasteiger partial charge in [0, 0.05) is 5.56 Å². The van der Waals surface area contributed by atoms with Crippen molar-refractivity contribution in [2.24, 2.45) is 5.73 Å². The summed E-state index contributed by atoms with van der Waals surface area (Å²) >= 11 is 0. The number of hydrogen-bond donors (Lipinski definition) is 3. The minimum atomic E-state index is -0.660. The number of benzene rings is 1. The molecule has 0 radical (unpaired) electrons. The Balaban J connectivity index is 0.00000169. The van der Waals surface area contributed by atoms with Crippen LogP contribution < -0.4 is 5.73 Å². The maximum atomic E-state index is 9.63. The van der Waals surface area contributed by atoms with Gasteiger partial charge in [-0.2, -0.15) is 0 Å². The largest absolute Gasteiger partial charge is 0.507 e. The zero-order valence-electron chi connectivity index (χ0n) is 8.27. The van der Waals surface area contributed by atoms with Crippen LogP contribution in [-0.4, -0.2) is 16.3 Å². The minimum absolute atomic E-state index is 0. The molecule has 0 saturated carbocycles. The van der Waals surface area contributed by atoms with E-state index in [-0.39, 0.29) is 18.2 Å². The molecule has 2 atom stereocenters. The molecule has 4 N–H and O–H groups in total. The Labute approximate surface area is 90.0 Å². The van der Waals surface area contributed by atoms with Gasteiger partial charge < -0.3 is 15.9 Å². The molecule has 3 nitrogen and oxygen atoms in total. The Bertz CT molecular complexity index is 302. The Morgan fingerprint density at radius 1 is 1.36 bits per heavy atom. The molecule has 1 rings (SSSR count). The van der Waals surface area contributed by atoms with E-state index < -0.39 is 12.1 Å². The van der Waals surface area contributed by atoms with Crippen molar-refractivity contribution in [1.29, 1.82) is 0 Å². The Morgan fingerprint density at radius 3 is 2.43 bits per heavy atom. The third kappa shape index (κ3) is 2.61. The second-order valence-corrected chi connectivity index (χ2v) is 3.28. The summed E-state index contributed by atoms with van der Waals surface area (Å²) in [6.07, 6.45) is -0.660. The second-order valence-electron chi connectivity index (χ2n) is 3.28. The quantitative estimate of drug-likeness (QED) is 0.704. The highest BCUT2D eigenvalue weighted by Crippen LogP contribution is 2.27. The number of hydrogen-bond acceptors (Lipinski definition) is 3. The Hall–Kier alpha value is -0.770. The van der Waals surface area contributed by atoms with Crippen LogP contribution >= 0.6 is 12.4 Å². The summed E-state index contributed by atoms with van der Waals surface area (Å²) in [5.74, 6) is 0.177. The monoisotopic (exact) mass is 217 g/mol. The molecule has 0 fully saturated rings. The molecule has 0 saturated heterocycles. The van der Waals surface area contributed by atoms with Crippen molar-refractivity contribution >= 4 is 12.4 Å². The third-order valence-electron chi connectivity index (χ3n) is 2.15. The first-order valence-corrected chi connectivity index (χ1v) is 4.26. The number of phenolic OH excluding ortho intramolecular Hbond substituents is 1. The zero-order chi connectivity index (χ0) is 10.0. The van der Waals surface area contributed by atoms with Crippen molar-refractivity contribution in [3.8, 4) is 5.75 Å². The third-order valence-corrected chi connectivity index (χ3v) is 2.15. The van der Waals surface area contributed by atoms with Gasteiger partial charge >= 0.3 is 0 Å². The van der Waals surface area contributed by atoms with Gasteiger partial charge in [0.1, 0.15) is 5.75 Å². The highest BCUT2D eigenvalue weighted by atomic mass is 35.5. The van der Waals surface area contributed by atoms with Gasteiger partial charge in [0.2, 0.25) is 0 Å². The fraction of sp³-hybridized carbons (Fsp3) is 0.400. The average molecular weight is 218 g/mol. The standard InChI is InChI=1S/C10H15NO2.ClH/c1-6-4-3-5-8(10(6)13)9(11)7(2)12;/h3-5,7,9,12-13H,11H2,1-2H3;1H/t7-,9-;/m1./s1. The first-order chi connectivity index (χ1) is 6.04. The van der Waals surface area contributed by atoms with E-state index in [0.717, 1.165) is 5.56 Å². The summed E-state index contributed by atoms with van der Waals surface area (Å²) in [5.41, 5.74) is 7.06. The maximum absolute atomic E-state index is 9.63. The van der Waals surface area contributed by atoms with E-state index in [4.69, 9.17) is 5.73 Å². The maximum Gasteiger partial charge on any atom is 0.123 e. The molecule has 0 aliphatic rings.